The zero-order valence-corrected chi connectivity index (χ0v) is 17.0. The Morgan fingerprint density at radius 2 is 1.63 bits per heavy atom. The first-order valence-electron chi connectivity index (χ1n) is 9.28. The van der Waals surface area contributed by atoms with Crippen molar-refractivity contribution in [1.29, 1.82) is 0 Å². The standard InChI is InChI=1S/C21H28N2O3S/c1-17-9-10-18(2)20(15-17)27(25,26)23-13-11-22(12-14-23)16-21(3,24)19-7-5-4-6-8-19/h4-10,15,24H,11-14,16H2,1-3H3/t21-/m0/s1. The fourth-order valence-corrected chi connectivity index (χ4v) is 5.31. The van der Waals surface area contributed by atoms with Gasteiger partial charge in [-0.15, -0.1) is 0 Å². The van der Waals surface area contributed by atoms with Crippen LogP contribution in [0.4, 0.5) is 0 Å². The molecule has 0 spiro atoms. The van der Waals surface area contributed by atoms with E-state index in [2.05, 4.69) is 4.90 Å². The lowest BCUT2D eigenvalue weighted by Gasteiger charge is -2.38. The van der Waals surface area contributed by atoms with Crippen LogP contribution in [0, 0.1) is 13.8 Å². The molecule has 0 aromatic heterocycles. The van der Waals surface area contributed by atoms with Crippen molar-refractivity contribution >= 4 is 10.0 Å². The average molecular weight is 389 g/mol. The molecular weight excluding hydrogens is 360 g/mol. The van der Waals surface area contributed by atoms with Crippen LogP contribution in [0.2, 0.25) is 0 Å². The van der Waals surface area contributed by atoms with Gasteiger partial charge < -0.3 is 5.11 Å². The Hall–Kier alpha value is -1.73. The molecule has 1 fully saturated rings. The highest BCUT2D eigenvalue weighted by molar-refractivity contribution is 7.89. The molecule has 0 bridgehead atoms. The number of piperazine rings is 1. The Morgan fingerprint density at radius 1 is 1.00 bits per heavy atom. The van der Waals surface area contributed by atoms with E-state index in [1.165, 1.54) is 0 Å². The first-order chi connectivity index (χ1) is 12.7. The number of hydrogen-bond donors (Lipinski definition) is 1. The molecule has 2 aromatic carbocycles. The highest BCUT2D eigenvalue weighted by atomic mass is 32.2. The highest BCUT2D eigenvalue weighted by Crippen LogP contribution is 2.25. The Balaban J connectivity index is 1.67. The van der Waals surface area contributed by atoms with Gasteiger partial charge in [0.25, 0.3) is 0 Å². The largest absolute Gasteiger partial charge is 0.384 e. The minimum Gasteiger partial charge on any atom is -0.384 e. The summed E-state index contributed by atoms with van der Waals surface area (Å²) >= 11 is 0. The van der Waals surface area contributed by atoms with E-state index in [0.717, 1.165) is 16.7 Å². The number of benzene rings is 2. The third kappa shape index (κ3) is 4.41. The molecule has 0 amide bonds. The lowest BCUT2D eigenvalue weighted by Crippen LogP contribution is -2.51. The molecule has 1 saturated heterocycles. The fourth-order valence-electron chi connectivity index (χ4n) is 3.58. The van der Waals surface area contributed by atoms with E-state index in [1.807, 2.05) is 63.2 Å². The van der Waals surface area contributed by atoms with Crippen molar-refractivity contribution in [3.63, 3.8) is 0 Å². The second-order valence-corrected chi connectivity index (χ2v) is 9.50. The molecule has 2 aromatic rings. The van der Waals surface area contributed by atoms with Crippen LogP contribution in [0.5, 0.6) is 0 Å². The Morgan fingerprint density at radius 3 is 2.26 bits per heavy atom. The predicted molar refractivity (Wildman–Crippen MR) is 107 cm³/mol. The van der Waals surface area contributed by atoms with Crippen molar-refractivity contribution in [2.75, 3.05) is 32.7 Å². The molecule has 0 aliphatic carbocycles. The molecule has 0 radical (unpaired) electrons. The summed E-state index contributed by atoms with van der Waals surface area (Å²) in [5, 5.41) is 10.8. The summed E-state index contributed by atoms with van der Waals surface area (Å²) in [6, 6.07) is 15.1. The van der Waals surface area contributed by atoms with Crippen molar-refractivity contribution in [2.24, 2.45) is 0 Å². The van der Waals surface area contributed by atoms with E-state index in [-0.39, 0.29) is 0 Å². The van der Waals surface area contributed by atoms with Crippen molar-refractivity contribution in [3.8, 4) is 0 Å². The average Bonchev–Trinajstić information content (AvgIpc) is 2.64. The fraction of sp³-hybridized carbons (Fsp3) is 0.429. The van der Waals surface area contributed by atoms with E-state index in [1.54, 1.807) is 10.4 Å². The summed E-state index contributed by atoms with van der Waals surface area (Å²) in [5.41, 5.74) is 1.62. The van der Waals surface area contributed by atoms with Gasteiger partial charge in [-0.25, -0.2) is 8.42 Å². The van der Waals surface area contributed by atoms with Crippen molar-refractivity contribution in [3.05, 3.63) is 65.2 Å². The minimum absolute atomic E-state index is 0.396. The molecule has 1 heterocycles. The van der Waals surface area contributed by atoms with Crippen LogP contribution in [-0.4, -0.2) is 55.5 Å². The smallest absolute Gasteiger partial charge is 0.243 e. The van der Waals surface area contributed by atoms with Crippen LogP contribution in [0.25, 0.3) is 0 Å². The zero-order valence-electron chi connectivity index (χ0n) is 16.2. The molecule has 0 unspecified atom stereocenters. The maximum absolute atomic E-state index is 13.0. The number of sulfonamides is 1. The van der Waals surface area contributed by atoms with E-state index < -0.39 is 15.6 Å². The minimum atomic E-state index is -3.49. The number of rotatable bonds is 5. The van der Waals surface area contributed by atoms with Gasteiger partial charge in [0.1, 0.15) is 0 Å². The summed E-state index contributed by atoms with van der Waals surface area (Å²) in [7, 11) is -3.49. The number of aliphatic hydroxyl groups is 1. The predicted octanol–water partition coefficient (Wildman–Crippen LogP) is 2.52. The molecule has 1 atom stereocenters. The molecule has 27 heavy (non-hydrogen) atoms. The summed E-state index contributed by atoms with van der Waals surface area (Å²) in [4.78, 5) is 2.52. The van der Waals surface area contributed by atoms with Crippen molar-refractivity contribution in [1.82, 2.24) is 9.21 Å². The second-order valence-electron chi connectivity index (χ2n) is 7.59. The number of nitrogens with zero attached hydrogens (tertiary/aromatic N) is 2. The van der Waals surface area contributed by atoms with Gasteiger partial charge >= 0.3 is 0 Å². The molecule has 3 rings (SSSR count). The lowest BCUT2D eigenvalue weighted by molar-refractivity contribution is 0.00736. The summed E-state index contributed by atoms with van der Waals surface area (Å²) < 4.78 is 27.6. The van der Waals surface area contributed by atoms with Crippen LogP contribution in [0.3, 0.4) is 0 Å². The zero-order chi connectivity index (χ0) is 19.7. The Labute approximate surface area is 162 Å². The maximum Gasteiger partial charge on any atom is 0.243 e. The maximum atomic E-state index is 13.0. The van der Waals surface area contributed by atoms with Crippen molar-refractivity contribution < 1.29 is 13.5 Å². The first kappa shape index (κ1) is 20.0. The molecule has 6 heteroatoms. The van der Waals surface area contributed by atoms with E-state index in [0.29, 0.717) is 37.6 Å². The summed E-state index contributed by atoms with van der Waals surface area (Å²) in [5.74, 6) is 0. The topological polar surface area (TPSA) is 60.9 Å². The van der Waals surface area contributed by atoms with Gasteiger partial charge in [0.15, 0.2) is 0 Å². The highest BCUT2D eigenvalue weighted by Gasteiger charge is 2.32. The van der Waals surface area contributed by atoms with Gasteiger partial charge in [0.2, 0.25) is 10.0 Å². The van der Waals surface area contributed by atoms with Gasteiger partial charge in [0, 0.05) is 32.7 Å². The van der Waals surface area contributed by atoms with E-state index in [4.69, 9.17) is 0 Å². The van der Waals surface area contributed by atoms with Gasteiger partial charge in [-0.3, -0.25) is 4.90 Å². The Kier molecular flexibility index (Phi) is 5.72. The molecule has 0 saturated carbocycles. The quantitative estimate of drug-likeness (QED) is 0.855. The molecule has 1 aliphatic heterocycles. The van der Waals surface area contributed by atoms with Gasteiger partial charge in [0.05, 0.1) is 10.5 Å². The van der Waals surface area contributed by atoms with Crippen LogP contribution >= 0.6 is 0 Å². The SMILES string of the molecule is Cc1ccc(C)c(S(=O)(=O)N2CCN(C[C@](C)(O)c3ccccc3)CC2)c1. The molecule has 1 aliphatic rings. The number of aryl methyl sites for hydroxylation is 2. The molecular formula is C21H28N2O3S. The molecule has 1 N–H and O–H groups in total. The van der Waals surface area contributed by atoms with E-state index in [9.17, 15) is 13.5 Å². The monoisotopic (exact) mass is 388 g/mol. The van der Waals surface area contributed by atoms with Crippen LogP contribution in [0.1, 0.15) is 23.6 Å². The second kappa shape index (κ2) is 7.72. The number of hydrogen-bond acceptors (Lipinski definition) is 4. The van der Waals surface area contributed by atoms with Crippen LogP contribution in [0.15, 0.2) is 53.4 Å². The lowest BCUT2D eigenvalue weighted by atomic mass is 9.95. The van der Waals surface area contributed by atoms with Gasteiger partial charge in [-0.1, -0.05) is 42.5 Å². The summed E-state index contributed by atoms with van der Waals surface area (Å²) in [6.07, 6.45) is 0. The van der Waals surface area contributed by atoms with Gasteiger partial charge in [-0.2, -0.15) is 4.31 Å². The Bertz CT molecular complexity index is 887. The van der Waals surface area contributed by atoms with Crippen LogP contribution < -0.4 is 0 Å². The van der Waals surface area contributed by atoms with E-state index >= 15 is 0 Å². The third-order valence-corrected chi connectivity index (χ3v) is 7.26. The summed E-state index contributed by atoms with van der Waals surface area (Å²) in [6.45, 7) is 8.10. The van der Waals surface area contributed by atoms with Crippen LogP contribution in [-0.2, 0) is 15.6 Å². The number of β-amino-alcohol motifs (C(OH)–C–C–N with tert-alkyl or cyclic N) is 1. The third-order valence-electron chi connectivity index (χ3n) is 5.22. The van der Waals surface area contributed by atoms with Gasteiger partial charge in [-0.05, 0) is 43.5 Å². The molecule has 146 valence electrons. The van der Waals surface area contributed by atoms with Crippen molar-refractivity contribution in [2.45, 2.75) is 31.3 Å². The normalized spacial score (nSPS) is 19.0. The molecule has 5 nitrogen and oxygen atoms in total. The first-order valence-corrected chi connectivity index (χ1v) is 10.7.